The number of unbranched alkanes of at least 4 members (excludes halogenated alkanes) is 1. The number of aromatic nitrogens is 4. The van der Waals surface area contributed by atoms with Crippen LogP contribution in [0.4, 0.5) is 10.5 Å². The van der Waals surface area contributed by atoms with Crippen molar-refractivity contribution in [2.75, 3.05) is 32.2 Å². The Morgan fingerprint density at radius 1 is 0.821 bits per heavy atom. The van der Waals surface area contributed by atoms with Gasteiger partial charge >= 0.3 is 6.09 Å². The Morgan fingerprint density at radius 2 is 1.46 bits per heavy atom. The van der Waals surface area contributed by atoms with Gasteiger partial charge in [-0.3, -0.25) is 9.59 Å². The van der Waals surface area contributed by atoms with Crippen molar-refractivity contribution in [3.8, 4) is 22.5 Å². The fourth-order valence-electron chi connectivity index (χ4n) is 9.48. The summed E-state index contributed by atoms with van der Waals surface area (Å²) in [6.45, 7) is 15.6. The normalized spacial score (nSPS) is 19.5. The molecular formula is C53H71N9O5. The lowest BCUT2D eigenvalue weighted by Gasteiger charge is -2.34. The number of benzene rings is 3. The molecule has 6 unspecified atom stereocenters. The lowest BCUT2D eigenvalue weighted by atomic mass is 9.87. The first-order chi connectivity index (χ1) is 32.1. The Kier molecular flexibility index (Phi) is 15.6. The highest BCUT2D eigenvalue weighted by Gasteiger charge is 2.43. The van der Waals surface area contributed by atoms with Crippen LogP contribution in [0, 0.1) is 11.8 Å². The number of nitrogens with one attached hydrogen (secondary N) is 4. The minimum atomic E-state index is -0.696. The van der Waals surface area contributed by atoms with Crippen LogP contribution < -0.4 is 21.3 Å². The molecule has 2 saturated heterocycles. The smallest absolute Gasteiger partial charge is 0.407 e. The average Bonchev–Trinajstić information content (AvgIpc) is 4.16. The van der Waals surface area contributed by atoms with E-state index < -0.39 is 18.2 Å². The van der Waals surface area contributed by atoms with Crippen LogP contribution in [0.15, 0.2) is 85.2 Å². The molecule has 67 heavy (non-hydrogen) atoms. The topological polar surface area (TPSA) is 184 Å². The van der Waals surface area contributed by atoms with E-state index in [4.69, 9.17) is 20.2 Å². The number of imidazole rings is 2. The second-order valence-electron chi connectivity index (χ2n) is 19.9. The molecule has 0 bridgehead atoms. The van der Waals surface area contributed by atoms with Crippen molar-refractivity contribution in [2.24, 2.45) is 17.6 Å². The molecule has 3 aromatic carbocycles. The van der Waals surface area contributed by atoms with E-state index in [1.807, 2.05) is 52.1 Å². The number of alkyl carbamates (subject to hydrolysis) is 1. The standard InChI is InChI=1S/C53H71N9O5/c1-32(2)46(54)50(63)55-27-11-10-14-45-56-30-40(58-45)34-15-19-36(20-16-34)43-29-44(66-8)48(62(43)39-25-23-38(24-26-39)53(5,6)7)37-21-17-35(18-22-37)41-31-57-49(59-41)42-13-12-28-61(42)51(64)47(33(3)4)60-52(65)67-9/h15-26,30-33,42-44,46-48H,10-14,27-29,54H2,1-9H3,(H,55,63)(H,56,58)(H,57,59)(H,60,65). The van der Waals surface area contributed by atoms with Crippen LogP contribution >= 0.6 is 0 Å². The van der Waals surface area contributed by atoms with Crippen LogP contribution in [0.5, 0.6) is 0 Å². The number of carbonyl (C=O) groups excluding carboxylic acids is 3. The van der Waals surface area contributed by atoms with Crippen molar-refractivity contribution in [1.82, 2.24) is 35.5 Å². The quantitative estimate of drug-likeness (QED) is 0.0569. The molecule has 0 aliphatic carbocycles. The molecule has 14 nitrogen and oxygen atoms in total. The molecule has 2 aromatic heterocycles. The Morgan fingerprint density at radius 3 is 2.07 bits per heavy atom. The van der Waals surface area contributed by atoms with Crippen LogP contribution in [-0.4, -0.2) is 88.2 Å². The van der Waals surface area contributed by atoms with Gasteiger partial charge in [0.05, 0.1) is 61.2 Å². The zero-order valence-electron chi connectivity index (χ0n) is 40.8. The summed E-state index contributed by atoms with van der Waals surface area (Å²) >= 11 is 0. The largest absolute Gasteiger partial charge is 0.453 e. The third-order valence-corrected chi connectivity index (χ3v) is 13.6. The number of amides is 3. The minimum absolute atomic E-state index is 0.0192. The number of ether oxygens (including phenoxy) is 2. The van der Waals surface area contributed by atoms with Crippen molar-refractivity contribution in [1.29, 1.82) is 0 Å². The molecule has 6 atom stereocenters. The monoisotopic (exact) mass is 914 g/mol. The van der Waals surface area contributed by atoms with Gasteiger partial charge in [0.1, 0.15) is 17.7 Å². The first-order valence-corrected chi connectivity index (χ1v) is 24.0. The molecule has 0 radical (unpaired) electrons. The van der Waals surface area contributed by atoms with E-state index in [1.165, 1.54) is 18.2 Å². The number of aryl methyl sites for hydroxylation is 1. The third kappa shape index (κ3) is 11.2. The number of H-pyrrole nitrogens is 2. The third-order valence-electron chi connectivity index (χ3n) is 13.6. The van der Waals surface area contributed by atoms with Gasteiger partial charge in [0.15, 0.2) is 0 Å². The van der Waals surface area contributed by atoms with Crippen LogP contribution in [-0.2, 0) is 30.9 Å². The number of nitrogens with zero attached hydrogens (tertiary/aromatic N) is 4. The molecule has 6 N–H and O–H groups in total. The van der Waals surface area contributed by atoms with E-state index in [0.717, 1.165) is 83.9 Å². The maximum Gasteiger partial charge on any atom is 0.407 e. The van der Waals surface area contributed by atoms with Crippen molar-refractivity contribution in [3.05, 3.63) is 114 Å². The van der Waals surface area contributed by atoms with Crippen LogP contribution in [0.3, 0.4) is 0 Å². The second kappa shape index (κ2) is 21.3. The highest BCUT2D eigenvalue weighted by Crippen LogP contribution is 2.49. The van der Waals surface area contributed by atoms with Crippen LogP contribution in [0.25, 0.3) is 22.5 Å². The molecular weight excluding hydrogens is 843 g/mol. The van der Waals surface area contributed by atoms with E-state index in [-0.39, 0.29) is 53.3 Å². The average molecular weight is 914 g/mol. The van der Waals surface area contributed by atoms with E-state index in [0.29, 0.717) is 13.1 Å². The van der Waals surface area contributed by atoms with Gasteiger partial charge in [-0.25, -0.2) is 14.8 Å². The highest BCUT2D eigenvalue weighted by atomic mass is 16.5. The molecule has 0 spiro atoms. The van der Waals surface area contributed by atoms with Gasteiger partial charge in [-0.1, -0.05) is 109 Å². The van der Waals surface area contributed by atoms with Gasteiger partial charge in [-0.2, -0.15) is 0 Å². The Labute approximate surface area is 396 Å². The van der Waals surface area contributed by atoms with Gasteiger partial charge < -0.3 is 45.6 Å². The second-order valence-corrected chi connectivity index (χ2v) is 19.9. The van der Waals surface area contributed by atoms with Gasteiger partial charge in [0.2, 0.25) is 11.8 Å². The molecule has 4 heterocycles. The first kappa shape index (κ1) is 48.9. The summed E-state index contributed by atoms with van der Waals surface area (Å²) in [5, 5.41) is 5.68. The summed E-state index contributed by atoms with van der Waals surface area (Å²) in [7, 11) is 3.11. The summed E-state index contributed by atoms with van der Waals surface area (Å²) in [6, 6.07) is 25.0. The maximum absolute atomic E-state index is 13.8. The minimum Gasteiger partial charge on any atom is -0.453 e. The zero-order chi connectivity index (χ0) is 48.0. The molecule has 0 saturated carbocycles. The number of hydrogen-bond acceptors (Lipinski definition) is 9. The van der Waals surface area contributed by atoms with Gasteiger partial charge in [-0.05, 0) is 82.9 Å². The molecule has 358 valence electrons. The van der Waals surface area contributed by atoms with Gasteiger partial charge in [0, 0.05) is 38.7 Å². The maximum atomic E-state index is 13.8. The lowest BCUT2D eigenvalue weighted by Crippen LogP contribution is -2.51. The number of carbonyl (C=O) groups is 3. The molecule has 2 fully saturated rings. The SMILES string of the molecule is COC(=O)NC(C(=O)N1CCCC1c1ncc(-c2ccc(C3C(OC)CC(c4ccc(-c5cnc(CCCCNC(=O)C(N)C(C)C)[nH]5)cc4)N3c3ccc(C(C)(C)C)cc3)cc2)[nH]1)C(C)C. The number of aromatic amines is 2. The molecule has 2 aliphatic rings. The zero-order valence-corrected chi connectivity index (χ0v) is 40.8. The molecule has 14 heteroatoms. The van der Waals surface area contributed by atoms with Crippen LogP contribution in [0.1, 0.15) is 127 Å². The molecule has 7 rings (SSSR count). The predicted octanol–water partition coefficient (Wildman–Crippen LogP) is 8.94. The summed E-state index contributed by atoms with van der Waals surface area (Å²) < 4.78 is 11.1. The number of nitrogens with two attached hydrogens (primary N) is 1. The van der Waals surface area contributed by atoms with Crippen LogP contribution in [0.2, 0.25) is 0 Å². The lowest BCUT2D eigenvalue weighted by molar-refractivity contribution is -0.135. The van der Waals surface area contributed by atoms with E-state index in [1.54, 1.807) is 0 Å². The molecule has 5 aromatic rings. The summed E-state index contributed by atoms with van der Waals surface area (Å²) in [6.07, 6.45) is 8.00. The number of anilines is 1. The molecule has 2 aliphatic heterocycles. The van der Waals surface area contributed by atoms with E-state index in [2.05, 4.69) is 124 Å². The Hall–Kier alpha value is -5.99. The van der Waals surface area contributed by atoms with E-state index in [9.17, 15) is 14.4 Å². The summed E-state index contributed by atoms with van der Waals surface area (Å²) in [4.78, 5) is 58.9. The predicted molar refractivity (Wildman–Crippen MR) is 263 cm³/mol. The van der Waals surface area contributed by atoms with Crippen molar-refractivity contribution < 1.29 is 23.9 Å². The van der Waals surface area contributed by atoms with Crippen molar-refractivity contribution >= 4 is 23.6 Å². The Bertz CT molecular complexity index is 2420. The number of rotatable bonds is 17. The van der Waals surface area contributed by atoms with E-state index >= 15 is 0 Å². The number of likely N-dealkylation sites (tertiary alicyclic amines) is 1. The highest BCUT2D eigenvalue weighted by molar-refractivity contribution is 5.86. The van der Waals surface area contributed by atoms with Crippen molar-refractivity contribution in [3.63, 3.8) is 0 Å². The number of hydrogen-bond donors (Lipinski definition) is 5. The Balaban J connectivity index is 1.08. The van der Waals surface area contributed by atoms with Gasteiger partial charge in [0.25, 0.3) is 0 Å². The van der Waals surface area contributed by atoms with Gasteiger partial charge in [-0.15, -0.1) is 0 Å². The first-order valence-electron chi connectivity index (χ1n) is 24.0. The number of methoxy groups -OCH3 is 2. The summed E-state index contributed by atoms with van der Waals surface area (Å²) in [5.41, 5.74) is 14.6. The van der Waals surface area contributed by atoms with Crippen molar-refractivity contribution in [2.45, 2.75) is 129 Å². The fraction of sp³-hybridized carbons (Fsp3) is 0.491. The molecule has 3 amide bonds. The summed E-state index contributed by atoms with van der Waals surface area (Å²) in [5.74, 6) is 1.42. The fourth-order valence-corrected chi connectivity index (χ4v) is 9.48.